The van der Waals surface area contributed by atoms with Gasteiger partial charge in [-0.3, -0.25) is 0 Å². The van der Waals surface area contributed by atoms with Crippen molar-refractivity contribution in [3.63, 3.8) is 0 Å². The van der Waals surface area contributed by atoms with Crippen LogP contribution in [0.5, 0.6) is 0 Å². The van der Waals surface area contributed by atoms with Crippen LogP contribution in [0.2, 0.25) is 5.02 Å². The van der Waals surface area contributed by atoms with Gasteiger partial charge in [0.15, 0.2) is 0 Å². The molecule has 2 aromatic rings. The highest BCUT2D eigenvalue weighted by Gasteiger charge is 2.16. The lowest BCUT2D eigenvalue weighted by atomic mass is 10.1. The monoisotopic (exact) mass is 292 g/mol. The molecule has 0 radical (unpaired) electrons. The van der Waals surface area contributed by atoms with Gasteiger partial charge in [-0.15, -0.1) is 0 Å². The van der Waals surface area contributed by atoms with E-state index >= 15 is 0 Å². The van der Waals surface area contributed by atoms with E-state index in [0.29, 0.717) is 6.10 Å². The summed E-state index contributed by atoms with van der Waals surface area (Å²) in [6, 6.07) is 6.14. The van der Waals surface area contributed by atoms with Crippen LogP contribution in [0.3, 0.4) is 0 Å². The Hall–Kier alpha value is -1.03. The van der Waals surface area contributed by atoms with Gasteiger partial charge in [0.1, 0.15) is 0 Å². The summed E-state index contributed by atoms with van der Waals surface area (Å²) in [4.78, 5) is 0. The maximum Gasteiger partial charge on any atom is 0.0593 e. The second-order valence-electron chi connectivity index (χ2n) is 5.46. The lowest BCUT2D eigenvalue weighted by molar-refractivity contribution is 0.101. The van der Waals surface area contributed by atoms with Gasteiger partial charge in [-0.05, 0) is 44.0 Å². The van der Waals surface area contributed by atoms with Crippen molar-refractivity contribution < 1.29 is 4.74 Å². The minimum absolute atomic E-state index is 0.430. The van der Waals surface area contributed by atoms with Gasteiger partial charge in [-0.25, -0.2) is 0 Å². The number of rotatable bonds is 5. The number of hydrogen-bond donors (Lipinski definition) is 1. The maximum atomic E-state index is 6.15. The van der Waals surface area contributed by atoms with E-state index in [9.17, 15) is 0 Å². The fourth-order valence-electron chi connectivity index (χ4n) is 3.01. The molecule has 1 unspecified atom stereocenters. The smallest absolute Gasteiger partial charge is 0.0593 e. The van der Waals surface area contributed by atoms with Gasteiger partial charge >= 0.3 is 0 Å². The average Bonchev–Trinajstić information content (AvgIpc) is 3.05. The van der Waals surface area contributed by atoms with Crippen LogP contribution in [-0.2, 0) is 17.8 Å². The number of aryl methyl sites for hydroxylation is 1. The number of nitrogens with one attached hydrogen (secondary N) is 1. The van der Waals surface area contributed by atoms with E-state index < -0.39 is 0 Å². The Kier molecular flexibility index (Phi) is 4.29. The molecule has 0 saturated carbocycles. The van der Waals surface area contributed by atoms with Crippen LogP contribution in [0.4, 0.5) is 0 Å². The first-order chi connectivity index (χ1) is 9.78. The second kappa shape index (κ2) is 6.17. The minimum Gasteiger partial charge on any atom is -0.378 e. The molecule has 0 spiro atoms. The molecular weight excluding hydrogens is 272 g/mol. The van der Waals surface area contributed by atoms with Gasteiger partial charge in [0.05, 0.1) is 6.10 Å². The quantitative estimate of drug-likeness (QED) is 0.911. The summed E-state index contributed by atoms with van der Waals surface area (Å²) in [7, 11) is 1.98. The van der Waals surface area contributed by atoms with Crippen molar-refractivity contribution in [1.29, 1.82) is 0 Å². The molecule has 0 bridgehead atoms. The molecule has 0 aliphatic carbocycles. The molecule has 4 heteroatoms. The minimum atomic E-state index is 0.430. The lowest BCUT2D eigenvalue weighted by Crippen LogP contribution is -2.09. The van der Waals surface area contributed by atoms with Crippen molar-refractivity contribution in [1.82, 2.24) is 9.88 Å². The molecule has 3 rings (SSSR count). The number of nitrogens with zero attached hydrogens (tertiary/aromatic N) is 1. The third-order valence-electron chi connectivity index (χ3n) is 4.01. The summed E-state index contributed by atoms with van der Waals surface area (Å²) in [5, 5.41) is 5.31. The number of hydrogen-bond acceptors (Lipinski definition) is 2. The summed E-state index contributed by atoms with van der Waals surface area (Å²) < 4.78 is 8.03. The van der Waals surface area contributed by atoms with E-state index in [1.54, 1.807) is 0 Å². The molecule has 1 aliphatic heterocycles. The van der Waals surface area contributed by atoms with Crippen molar-refractivity contribution in [2.24, 2.45) is 0 Å². The molecule has 108 valence electrons. The van der Waals surface area contributed by atoms with Crippen molar-refractivity contribution in [2.75, 3.05) is 13.7 Å². The molecule has 1 fully saturated rings. The zero-order valence-electron chi connectivity index (χ0n) is 11.9. The van der Waals surface area contributed by atoms with Gasteiger partial charge in [-0.1, -0.05) is 17.7 Å². The highest BCUT2D eigenvalue weighted by molar-refractivity contribution is 6.31. The Morgan fingerprint density at radius 2 is 2.35 bits per heavy atom. The fraction of sp³-hybridized carbons (Fsp3) is 0.500. The highest BCUT2D eigenvalue weighted by Crippen LogP contribution is 2.26. The first-order valence-electron chi connectivity index (χ1n) is 7.31. The van der Waals surface area contributed by atoms with Crippen molar-refractivity contribution >= 4 is 22.5 Å². The summed E-state index contributed by atoms with van der Waals surface area (Å²) in [6.45, 7) is 2.80. The van der Waals surface area contributed by atoms with Crippen LogP contribution in [0.15, 0.2) is 24.4 Å². The van der Waals surface area contributed by atoms with Crippen LogP contribution in [0.1, 0.15) is 24.8 Å². The Balaban J connectivity index is 1.86. The first kappa shape index (κ1) is 13.9. The fourth-order valence-corrected chi connectivity index (χ4v) is 3.18. The zero-order chi connectivity index (χ0) is 13.9. The number of fused-ring (bicyclic) bond motifs is 1. The van der Waals surface area contributed by atoms with Crippen molar-refractivity contribution in [2.45, 2.75) is 38.5 Å². The van der Waals surface area contributed by atoms with Gasteiger partial charge in [-0.2, -0.15) is 0 Å². The van der Waals surface area contributed by atoms with Crippen molar-refractivity contribution in [3.05, 3.63) is 35.0 Å². The van der Waals surface area contributed by atoms with Crippen LogP contribution >= 0.6 is 11.6 Å². The van der Waals surface area contributed by atoms with Crippen LogP contribution < -0.4 is 5.32 Å². The predicted octanol–water partition coefficient (Wildman–Crippen LogP) is 3.58. The standard InChI is InChI=1S/C16H21ClN2O/c1-18-10-12-11-19(7-6-14-3-2-8-20-14)16-9-13(17)4-5-15(12)16/h4-5,9,11,14,18H,2-3,6-8,10H2,1H3. The third-order valence-corrected chi connectivity index (χ3v) is 4.25. The van der Waals surface area contributed by atoms with Gasteiger partial charge < -0.3 is 14.6 Å². The van der Waals surface area contributed by atoms with E-state index in [0.717, 1.165) is 31.1 Å². The summed E-state index contributed by atoms with van der Waals surface area (Å²) in [5.41, 5.74) is 2.55. The third kappa shape index (κ3) is 2.85. The number of halogens is 1. The second-order valence-corrected chi connectivity index (χ2v) is 5.90. The summed E-state index contributed by atoms with van der Waals surface area (Å²) in [5.74, 6) is 0. The summed E-state index contributed by atoms with van der Waals surface area (Å²) >= 11 is 6.15. The predicted molar refractivity (Wildman–Crippen MR) is 83.3 cm³/mol. The summed E-state index contributed by atoms with van der Waals surface area (Å²) in [6.07, 6.45) is 6.15. The van der Waals surface area contributed by atoms with E-state index in [2.05, 4.69) is 28.2 Å². The maximum absolute atomic E-state index is 6.15. The Morgan fingerprint density at radius 3 is 3.10 bits per heavy atom. The Bertz CT molecular complexity index is 587. The SMILES string of the molecule is CNCc1cn(CCC2CCCO2)c2cc(Cl)ccc12. The zero-order valence-corrected chi connectivity index (χ0v) is 12.6. The first-order valence-corrected chi connectivity index (χ1v) is 7.69. The number of benzene rings is 1. The highest BCUT2D eigenvalue weighted by atomic mass is 35.5. The molecule has 1 N–H and O–H groups in total. The molecule has 1 aromatic carbocycles. The lowest BCUT2D eigenvalue weighted by Gasteiger charge is -2.10. The van der Waals surface area contributed by atoms with Crippen LogP contribution in [0.25, 0.3) is 10.9 Å². The molecule has 2 heterocycles. The van der Waals surface area contributed by atoms with Crippen molar-refractivity contribution in [3.8, 4) is 0 Å². The molecule has 0 amide bonds. The number of ether oxygens (including phenoxy) is 1. The number of aromatic nitrogens is 1. The Morgan fingerprint density at radius 1 is 1.45 bits per heavy atom. The molecular formula is C16H21ClN2O. The van der Waals surface area contributed by atoms with E-state index in [-0.39, 0.29) is 0 Å². The molecule has 1 atom stereocenters. The van der Waals surface area contributed by atoms with Gasteiger partial charge in [0.25, 0.3) is 0 Å². The molecule has 1 aromatic heterocycles. The topological polar surface area (TPSA) is 26.2 Å². The Labute approximate surface area is 124 Å². The average molecular weight is 293 g/mol. The van der Waals surface area contributed by atoms with Gasteiger partial charge in [0.2, 0.25) is 0 Å². The molecule has 1 saturated heterocycles. The van der Waals surface area contributed by atoms with E-state index in [1.807, 2.05) is 13.1 Å². The molecule has 1 aliphatic rings. The van der Waals surface area contributed by atoms with E-state index in [4.69, 9.17) is 16.3 Å². The van der Waals surface area contributed by atoms with Crippen LogP contribution in [0, 0.1) is 0 Å². The van der Waals surface area contributed by atoms with Gasteiger partial charge in [0, 0.05) is 41.8 Å². The van der Waals surface area contributed by atoms with E-state index in [1.165, 1.54) is 29.3 Å². The van der Waals surface area contributed by atoms with Crippen LogP contribution in [-0.4, -0.2) is 24.3 Å². The largest absolute Gasteiger partial charge is 0.378 e. The normalized spacial score (nSPS) is 19.0. The molecule has 3 nitrogen and oxygen atoms in total. The molecule has 20 heavy (non-hydrogen) atoms.